The molecule has 0 aliphatic heterocycles. The van der Waals surface area contributed by atoms with Gasteiger partial charge in [0.05, 0.1) is 23.9 Å². The van der Waals surface area contributed by atoms with E-state index in [0.717, 1.165) is 5.69 Å². The minimum absolute atomic E-state index is 0.0231. The minimum Gasteiger partial charge on any atom is -0.378 e. The third-order valence-electron chi connectivity index (χ3n) is 5.42. The van der Waals surface area contributed by atoms with Gasteiger partial charge in [0.15, 0.2) is 11.6 Å². The van der Waals surface area contributed by atoms with Crippen molar-refractivity contribution >= 4 is 22.6 Å². The second-order valence-corrected chi connectivity index (χ2v) is 7.54. The van der Waals surface area contributed by atoms with Crippen LogP contribution in [0.15, 0.2) is 61.3 Å². The molecular formula is C23H20FN9O. The molecule has 10 nitrogen and oxygen atoms in total. The molecule has 34 heavy (non-hydrogen) atoms. The molecule has 0 fully saturated rings. The number of carbonyl (C=O) groups excluding carboxylic acids is 1. The number of hydrogen-bond donors (Lipinski definition) is 3. The number of benzene rings is 2. The molecule has 3 aromatic heterocycles. The van der Waals surface area contributed by atoms with Crippen molar-refractivity contribution < 1.29 is 9.18 Å². The quantitative estimate of drug-likeness (QED) is 0.343. The molecule has 0 atom stereocenters. The normalized spacial score (nSPS) is 11.0. The molecule has 0 saturated heterocycles. The second kappa shape index (κ2) is 9.06. The molecule has 1 amide bonds. The molecule has 2 aromatic carbocycles. The summed E-state index contributed by atoms with van der Waals surface area (Å²) in [6.45, 7) is 0.418. The highest BCUT2D eigenvalue weighted by atomic mass is 19.1. The number of rotatable bonds is 7. The van der Waals surface area contributed by atoms with Gasteiger partial charge in [0, 0.05) is 36.6 Å². The van der Waals surface area contributed by atoms with E-state index in [2.05, 4.69) is 40.8 Å². The molecule has 170 valence electrons. The van der Waals surface area contributed by atoms with Crippen LogP contribution in [0.4, 0.5) is 10.1 Å². The molecule has 3 N–H and O–H groups in total. The number of aromatic nitrogens is 7. The molecule has 0 bridgehead atoms. The maximum Gasteiger partial charge on any atom is 0.251 e. The van der Waals surface area contributed by atoms with E-state index in [1.807, 2.05) is 17.7 Å². The molecule has 5 aromatic rings. The summed E-state index contributed by atoms with van der Waals surface area (Å²) in [5.74, 6) is 0.596. The number of nitrogens with zero attached hydrogens (tertiary/aromatic N) is 6. The number of halogens is 1. The Morgan fingerprint density at radius 3 is 2.88 bits per heavy atom. The Labute approximate surface area is 193 Å². The lowest BCUT2D eigenvalue weighted by Gasteiger charge is -2.10. The van der Waals surface area contributed by atoms with E-state index in [4.69, 9.17) is 0 Å². The first kappa shape index (κ1) is 21.2. The van der Waals surface area contributed by atoms with Crippen LogP contribution in [0.5, 0.6) is 0 Å². The van der Waals surface area contributed by atoms with E-state index in [0.29, 0.717) is 46.0 Å². The van der Waals surface area contributed by atoms with E-state index in [9.17, 15) is 9.18 Å². The summed E-state index contributed by atoms with van der Waals surface area (Å²) >= 11 is 0. The number of amides is 1. The molecule has 5 rings (SSSR count). The Balaban J connectivity index is 1.25. The van der Waals surface area contributed by atoms with Crippen LogP contribution in [0.2, 0.25) is 0 Å². The molecule has 0 aliphatic carbocycles. The number of hydrogen-bond acceptors (Lipinski definition) is 7. The van der Waals surface area contributed by atoms with Crippen molar-refractivity contribution in [2.24, 2.45) is 7.05 Å². The third kappa shape index (κ3) is 4.18. The predicted molar refractivity (Wildman–Crippen MR) is 123 cm³/mol. The highest BCUT2D eigenvalue weighted by Crippen LogP contribution is 2.19. The zero-order chi connectivity index (χ0) is 23.5. The fourth-order valence-corrected chi connectivity index (χ4v) is 3.59. The summed E-state index contributed by atoms with van der Waals surface area (Å²) in [6, 6.07) is 11.8. The van der Waals surface area contributed by atoms with Crippen molar-refractivity contribution in [3.63, 3.8) is 0 Å². The van der Waals surface area contributed by atoms with Gasteiger partial charge in [-0.1, -0.05) is 6.07 Å². The van der Waals surface area contributed by atoms with Gasteiger partial charge in [-0.05, 0) is 36.4 Å². The van der Waals surface area contributed by atoms with Crippen molar-refractivity contribution in [2.75, 3.05) is 5.32 Å². The number of nitrogens with one attached hydrogen (secondary N) is 3. The standard InChI is InChI=1S/C23H20FN9O/c1-33-20(31-32-22(33)19-7-8-25-12-28-19)11-26-15-4-2-3-14(9-15)23(34)27-10-16-17(24)5-6-18-21(16)30-13-29-18/h2-9,12-13,26H,10-11H2,1H3,(H,27,34)(H,29,30). The molecule has 3 heterocycles. The zero-order valence-corrected chi connectivity index (χ0v) is 18.2. The molecule has 11 heteroatoms. The summed E-state index contributed by atoms with van der Waals surface area (Å²) in [5, 5.41) is 14.5. The predicted octanol–water partition coefficient (Wildman–Crippen LogP) is 2.83. The Morgan fingerprint density at radius 1 is 1.12 bits per heavy atom. The van der Waals surface area contributed by atoms with Crippen LogP contribution >= 0.6 is 0 Å². The van der Waals surface area contributed by atoms with Crippen LogP contribution in [0, 0.1) is 5.82 Å². The number of fused-ring (bicyclic) bond motifs is 1. The first-order chi connectivity index (χ1) is 16.6. The lowest BCUT2D eigenvalue weighted by molar-refractivity contribution is 0.0951. The first-order valence-corrected chi connectivity index (χ1v) is 10.5. The van der Waals surface area contributed by atoms with E-state index < -0.39 is 5.82 Å². The Kier molecular flexibility index (Phi) is 5.65. The first-order valence-electron chi connectivity index (χ1n) is 10.5. The van der Waals surface area contributed by atoms with Crippen molar-refractivity contribution in [2.45, 2.75) is 13.1 Å². The van der Waals surface area contributed by atoms with Crippen molar-refractivity contribution in [3.8, 4) is 11.5 Å². The second-order valence-electron chi connectivity index (χ2n) is 7.54. The Morgan fingerprint density at radius 2 is 2.03 bits per heavy atom. The van der Waals surface area contributed by atoms with Crippen LogP contribution in [0.25, 0.3) is 22.6 Å². The molecule has 0 radical (unpaired) electrons. The summed E-state index contributed by atoms with van der Waals surface area (Å²) in [5.41, 5.74) is 3.41. The van der Waals surface area contributed by atoms with Crippen molar-refractivity contribution in [1.29, 1.82) is 0 Å². The summed E-state index contributed by atoms with van der Waals surface area (Å²) in [6.07, 6.45) is 4.61. The average Bonchev–Trinajstić information content (AvgIpc) is 3.49. The highest BCUT2D eigenvalue weighted by Gasteiger charge is 2.14. The van der Waals surface area contributed by atoms with E-state index >= 15 is 0 Å². The molecular weight excluding hydrogens is 437 g/mol. The van der Waals surface area contributed by atoms with Crippen molar-refractivity contribution in [1.82, 2.24) is 40.0 Å². The van der Waals surface area contributed by atoms with Crippen LogP contribution in [-0.2, 0) is 20.1 Å². The van der Waals surface area contributed by atoms with Crippen molar-refractivity contribution in [3.05, 3.63) is 84.1 Å². The van der Waals surface area contributed by atoms with Crippen LogP contribution in [-0.4, -0.2) is 40.6 Å². The van der Waals surface area contributed by atoms with Gasteiger partial charge in [-0.2, -0.15) is 0 Å². The smallest absolute Gasteiger partial charge is 0.251 e. The Hall–Kier alpha value is -4.67. The summed E-state index contributed by atoms with van der Waals surface area (Å²) < 4.78 is 16.1. The lowest BCUT2D eigenvalue weighted by Crippen LogP contribution is -2.23. The topological polar surface area (TPSA) is 126 Å². The number of H-pyrrole nitrogens is 1. The molecule has 0 spiro atoms. The monoisotopic (exact) mass is 457 g/mol. The van der Waals surface area contributed by atoms with Gasteiger partial charge in [0.2, 0.25) is 0 Å². The molecule has 0 aliphatic rings. The third-order valence-corrected chi connectivity index (χ3v) is 5.42. The van der Waals surface area contributed by atoms with Crippen LogP contribution in [0.3, 0.4) is 0 Å². The lowest BCUT2D eigenvalue weighted by atomic mass is 10.1. The molecule has 0 unspecified atom stereocenters. The van der Waals surface area contributed by atoms with E-state index in [1.54, 1.807) is 36.5 Å². The van der Waals surface area contributed by atoms with Gasteiger partial charge >= 0.3 is 0 Å². The fraction of sp³-hybridized carbons (Fsp3) is 0.130. The largest absolute Gasteiger partial charge is 0.378 e. The summed E-state index contributed by atoms with van der Waals surface area (Å²) in [7, 11) is 1.86. The fourth-order valence-electron chi connectivity index (χ4n) is 3.59. The number of imidazole rings is 1. The van der Waals surface area contributed by atoms with Crippen LogP contribution < -0.4 is 10.6 Å². The van der Waals surface area contributed by atoms with Gasteiger partial charge in [-0.3, -0.25) is 4.79 Å². The summed E-state index contributed by atoms with van der Waals surface area (Å²) in [4.78, 5) is 27.9. The van der Waals surface area contributed by atoms with E-state index in [1.165, 1.54) is 18.7 Å². The minimum atomic E-state index is -0.416. The maximum absolute atomic E-state index is 14.3. The maximum atomic E-state index is 14.3. The van der Waals surface area contributed by atoms with E-state index in [-0.39, 0.29) is 12.5 Å². The Bertz CT molecular complexity index is 1460. The zero-order valence-electron chi connectivity index (χ0n) is 18.2. The molecule has 0 saturated carbocycles. The van der Waals surface area contributed by atoms with Gasteiger partial charge < -0.3 is 20.2 Å². The van der Waals surface area contributed by atoms with Gasteiger partial charge in [0.1, 0.15) is 17.8 Å². The number of anilines is 1. The van der Waals surface area contributed by atoms with Crippen LogP contribution in [0.1, 0.15) is 21.7 Å². The van der Waals surface area contributed by atoms with Gasteiger partial charge in [-0.25, -0.2) is 19.3 Å². The van der Waals surface area contributed by atoms with Gasteiger partial charge in [-0.15, -0.1) is 10.2 Å². The number of aromatic amines is 1. The van der Waals surface area contributed by atoms with Gasteiger partial charge in [0.25, 0.3) is 5.91 Å². The SMILES string of the molecule is Cn1c(CNc2cccc(C(=O)NCc3c(F)ccc4[nH]cnc34)c2)nnc1-c1ccncn1. The average molecular weight is 457 g/mol. The number of carbonyl (C=O) groups is 1. The highest BCUT2D eigenvalue weighted by molar-refractivity contribution is 5.95.